The van der Waals surface area contributed by atoms with Crippen molar-refractivity contribution in [3.63, 3.8) is 0 Å². The van der Waals surface area contributed by atoms with Gasteiger partial charge < -0.3 is 53.3 Å². The van der Waals surface area contributed by atoms with Crippen LogP contribution in [0.4, 0.5) is 44.0 Å². The zero-order valence-corrected chi connectivity index (χ0v) is 33.8. The summed E-state index contributed by atoms with van der Waals surface area (Å²) in [4.78, 5) is 76.6. The van der Waals surface area contributed by atoms with E-state index in [1.54, 1.807) is 60.9 Å². The summed E-state index contributed by atoms with van der Waals surface area (Å²) in [5, 5.41) is 16.2. The summed E-state index contributed by atoms with van der Waals surface area (Å²) in [7, 11) is 0. The Bertz CT molecular complexity index is 2410. The SMILES string of the molecule is CC(=O)Nc1[nH]cc(-c2ccc(NC(=O)Nc3ccc(C)c(C)c3)cc2)c1C(N)=O.CC(=O)Nc1[nH]cc(-c2ccc(NC(=O)Nc3ccc(C)c(C)c3)cc2)c1C(N)=O. The molecule has 12 N–H and O–H groups in total. The lowest BCUT2D eigenvalue weighted by molar-refractivity contribution is -0.115. The third-order valence-corrected chi connectivity index (χ3v) is 9.29. The minimum Gasteiger partial charge on any atom is -0.365 e. The summed E-state index contributed by atoms with van der Waals surface area (Å²) >= 11 is 0. The number of nitrogens with two attached hydrogens (primary N) is 2. The highest BCUT2D eigenvalue weighted by atomic mass is 16.2. The number of carbonyl (C=O) groups is 6. The molecule has 0 saturated carbocycles. The van der Waals surface area contributed by atoms with Crippen molar-refractivity contribution < 1.29 is 28.8 Å². The van der Waals surface area contributed by atoms with E-state index < -0.39 is 11.8 Å². The number of hydrogen-bond donors (Lipinski definition) is 10. The maximum Gasteiger partial charge on any atom is 0.323 e. The zero-order chi connectivity index (χ0) is 43.7. The summed E-state index contributed by atoms with van der Waals surface area (Å²) in [5.41, 5.74) is 20.9. The Hall–Kier alpha value is -8.14. The molecule has 0 radical (unpaired) electrons. The molecule has 2 heterocycles. The standard InChI is InChI=1S/2C22H23N5O3/c2*1-12-4-7-17(10-13(12)2)27-22(30)26-16-8-5-15(6-9-16)18-11-24-21(25-14(3)28)19(18)20(23)29/h2*4-11,24H,1-3H3,(H2,23,29)(H,25,28)(H2,26,27,30). The van der Waals surface area contributed by atoms with Crippen LogP contribution in [0, 0.1) is 27.7 Å². The van der Waals surface area contributed by atoms with Gasteiger partial charge in [-0.15, -0.1) is 0 Å². The number of urea groups is 2. The first-order chi connectivity index (χ1) is 28.5. The molecule has 60 heavy (non-hydrogen) atoms. The van der Waals surface area contributed by atoms with E-state index in [0.29, 0.717) is 45.0 Å². The van der Waals surface area contributed by atoms with Crippen LogP contribution in [-0.2, 0) is 9.59 Å². The minimum absolute atomic E-state index is 0.193. The van der Waals surface area contributed by atoms with Crippen LogP contribution in [0.2, 0.25) is 0 Å². The van der Waals surface area contributed by atoms with Gasteiger partial charge in [-0.1, -0.05) is 36.4 Å². The van der Waals surface area contributed by atoms with E-state index in [0.717, 1.165) is 22.3 Å². The lowest BCUT2D eigenvalue weighted by Crippen LogP contribution is -2.19. The van der Waals surface area contributed by atoms with Crippen molar-refractivity contribution in [2.75, 3.05) is 31.9 Å². The molecular formula is C44H46N10O6. The molecule has 0 saturated heterocycles. The number of primary amides is 2. The lowest BCUT2D eigenvalue weighted by atomic mass is 10.0. The number of hydrogen-bond acceptors (Lipinski definition) is 6. The van der Waals surface area contributed by atoms with Crippen molar-refractivity contribution in [1.82, 2.24) is 9.97 Å². The predicted molar refractivity (Wildman–Crippen MR) is 235 cm³/mol. The Labute approximate surface area is 345 Å². The zero-order valence-electron chi connectivity index (χ0n) is 33.8. The summed E-state index contributed by atoms with van der Waals surface area (Å²) < 4.78 is 0. The highest BCUT2D eigenvalue weighted by Gasteiger charge is 2.20. The lowest BCUT2D eigenvalue weighted by Gasteiger charge is -2.10. The molecule has 6 aromatic rings. The number of rotatable bonds is 10. The smallest absolute Gasteiger partial charge is 0.323 e. The van der Waals surface area contributed by atoms with Crippen LogP contribution in [0.3, 0.4) is 0 Å². The molecule has 0 spiro atoms. The first kappa shape index (κ1) is 43.0. The summed E-state index contributed by atoms with van der Waals surface area (Å²) in [6.07, 6.45) is 3.19. The number of aromatic nitrogens is 2. The van der Waals surface area contributed by atoms with E-state index in [4.69, 9.17) is 11.5 Å². The fourth-order valence-electron chi connectivity index (χ4n) is 6.05. The molecule has 16 heteroatoms. The summed E-state index contributed by atoms with van der Waals surface area (Å²) in [6, 6.07) is 24.5. The first-order valence-corrected chi connectivity index (χ1v) is 18.6. The van der Waals surface area contributed by atoms with Gasteiger partial charge in [-0.3, -0.25) is 19.2 Å². The van der Waals surface area contributed by atoms with Gasteiger partial charge in [0, 0.05) is 60.1 Å². The van der Waals surface area contributed by atoms with Crippen molar-refractivity contribution in [2.45, 2.75) is 41.5 Å². The number of H-pyrrole nitrogens is 2. The van der Waals surface area contributed by atoms with Crippen molar-refractivity contribution in [1.29, 1.82) is 0 Å². The molecule has 16 nitrogen and oxygen atoms in total. The third kappa shape index (κ3) is 11.0. The Morgan fingerprint density at radius 3 is 1.05 bits per heavy atom. The fraction of sp³-hybridized carbons (Fsp3) is 0.136. The van der Waals surface area contributed by atoms with Crippen molar-refractivity contribution in [3.05, 3.63) is 131 Å². The van der Waals surface area contributed by atoms with Crippen LogP contribution in [0.25, 0.3) is 22.3 Å². The fourth-order valence-corrected chi connectivity index (χ4v) is 6.05. The van der Waals surface area contributed by atoms with E-state index in [1.165, 1.54) is 13.8 Å². The van der Waals surface area contributed by atoms with Crippen molar-refractivity contribution >= 4 is 70.1 Å². The first-order valence-electron chi connectivity index (χ1n) is 18.6. The van der Waals surface area contributed by atoms with E-state index >= 15 is 0 Å². The number of anilines is 6. The van der Waals surface area contributed by atoms with Gasteiger partial charge in [0.25, 0.3) is 11.8 Å². The molecule has 0 bridgehead atoms. The van der Waals surface area contributed by atoms with Gasteiger partial charge in [0.1, 0.15) is 11.6 Å². The monoisotopic (exact) mass is 810 g/mol. The maximum atomic E-state index is 12.3. The second-order valence-electron chi connectivity index (χ2n) is 13.9. The number of aromatic amines is 2. The van der Waals surface area contributed by atoms with Gasteiger partial charge in [-0.25, -0.2) is 9.59 Å². The third-order valence-electron chi connectivity index (χ3n) is 9.29. The molecule has 4 aromatic carbocycles. The van der Waals surface area contributed by atoms with Gasteiger partial charge in [0.15, 0.2) is 0 Å². The Kier molecular flexibility index (Phi) is 13.5. The van der Waals surface area contributed by atoms with Crippen LogP contribution in [0.15, 0.2) is 97.3 Å². The molecule has 2 aromatic heterocycles. The predicted octanol–water partition coefficient (Wildman–Crippen LogP) is 8.00. The topological polar surface area (TPSA) is 258 Å². The Morgan fingerprint density at radius 1 is 0.433 bits per heavy atom. The number of carbonyl (C=O) groups excluding carboxylic acids is 6. The number of aryl methyl sites for hydroxylation is 4. The Balaban J connectivity index is 0.000000228. The molecule has 0 aliphatic carbocycles. The Morgan fingerprint density at radius 2 is 0.750 bits per heavy atom. The summed E-state index contributed by atoms with van der Waals surface area (Å²) in [5.74, 6) is -1.46. The van der Waals surface area contributed by atoms with Crippen LogP contribution >= 0.6 is 0 Å². The van der Waals surface area contributed by atoms with Crippen molar-refractivity contribution in [2.24, 2.45) is 11.5 Å². The molecule has 6 rings (SSSR count). The average molecular weight is 811 g/mol. The number of nitrogens with one attached hydrogen (secondary N) is 8. The second-order valence-corrected chi connectivity index (χ2v) is 13.9. The largest absolute Gasteiger partial charge is 0.365 e. The van der Waals surface area contributed by atoms with Crippen LogP contribution in [0.5, 0.6) is 0 Å². The van der Waals surface area contributed by atoms with E-state index in [2.05, 4.69) is 41.9 Å². The van der Waals surface area contributed by atoms with Crippen LogP contribution < -0.4 is 43.4 Å². The molecule has 308 valence electrons. The molecule has 0 aliphatic rings. The van der Waals surface area contributed by atoms with Crippen LogP contribution in [-0.4, -0.2) is 45.7 Å². The highest BCUT2D eigenvalue weighted by molar-refractivity contribution is 6.09. The number of benzene rings is 4. The maximum absolute atomic E-state index is 12.3. The molecule has 0 unspecified atom stereocenters. The quantitative estimate of drug-likeness (QED) is 0.0655. The second kappa shape index (κ2) is 18.9. The van der Waals surface area contributed by atoms with E-state index in [1.807, 2.05) is 64.1 Å². The normalized spacial score (nSPS) is 10.4. The minimum atomic E-state index is -0.662. The molecular weight excluding hydrogens is 765 g/mol. The van der Waals surface area contributed by atoms with Crippen LogP contribution in [0.1, 0.15) is 56.8 Å². The van der Waals surface area contributed by atoms with Gasteiger partial charge >= 0.3 is 12.1 Å². The van der Waals surface area contributed by atoms with Crippen molar-refractivity contribution in [3.8, 4) is 22.3 Å². The van der Waals surface area contributed by atoms with E-state index in [-0.39, 0.29) is 46.6 Å². The van der Waals surface area contributed by atoms with Gasteiger partial charge in [0.05, 0.1) is 11.1 Å². The average Bonchev–Trinajstić information content (AvgIpc) is 3.79. The highest BCUT2D eigenvalue weighted by Crippen LogP contribution is 2.31. The molecule has 8 amide bonds. The summed E-state index contributed by atoms with van der Waals surface area (Å²) in [6.45, 7) is 10.7. The van der Waals surface area contributed by atoms with E-state index in [9.17, 15) is 28.8 Å². The van der Waals surface area contributed by atoms with Gasteiger partial charge in [0.2, 0.25) is 11.8 Å². The number of amides is 8. The van der Waals surface area contributed by atoms with Gasteiger partial charge in [-0.2, -0.15) is 0 Å². The van der Waals surface area contributed by atoms with Gasteiger partial charge in [-0.05, 0) is 110 Å². The molecule has 0 atom stereocenters. The molecule has 0 fully saturated rings. The molecule has 0 aliphatic heterocycles.